The molecule has 1 saturated carbocycles. The van der Waals surface area contributed by atoms with Gasteiger partial charge in [0.25, 0.3) is 0 Å². The van der Waals surface area contributed by atoms with Crippen molar-refractivity contribution in [1.82, 2.24) is 4.90 Å². The van der Waals surface area contributed by atoms with Crippen LogP contribution >= 0.6 is 11.6 Å². The van der Waals surface area contributed by atoms with Crippen molar-refractivity contribution in [3.05, 3.63) is 29.3 Å². The van der Waals surface area contributed by atoms with E-state index in [4.69, 9.17) is 11.6 Å². The standard InChI is InChI=1S/C13H14ClNO2/c14-6-12(17)15-7-9-1-2-10(16)5-11(9)13(8-15)3-4-13/h1-2,5,16H,3-4,6-8H2. The number of aromatic hydroxyl groups is 1. The third-order valence-electron chi connectivity index (χ3n) is 3.84. The van der Waals surface area contributed by atoms with Crippen molar-refractivity contribution in [1.29, 1.82) is 0 Å². The molecule has 3 rings (SSSR count). The van der Waals surface area contributed by atoms with E-state index in [-0.39, 0.29) is 17.2 Å². The zero-order valence-electron chi connectivity index (χ0n) is 9.45. The topological polar surface area (TPSA) is 40.5 Å². The van der Waals surface area contributed by atoms with Gasteiger partial charge in [0.1, 0.15) is 11.6 Å². The predicted molar refractivity (Wildman–Crippen MR) is 65.2 cm³/mol. The van der Waals surface area contributed by atoms with Gasteiger partial charge in [-0.2, -0.15) is 0 Å². The van der Waals surface area contributed by atoms with Gasteiger partial charge < -0.3 is 10.0 Å². The molecule has 1 aliphatic heterocycles. The predicted octanol–water partition coefficient (Wildman–Crippen LogP) is 2.00. The first-order valence-electron chi connectivity index (χ1n) is 5.81. The summed E-state index contributed by atoms with van der Waals surface area (Å²) in [6, 6.07) is 5.45. The minimum atomic E-state index is -0.00309. The Morgan fingerprint density at radius 2 is 2.24 bits per heavy atom. The van der Waals surface area contributed by atoms with Crippen molar-refractivity contribution in [3.63, 3.8) is 0 Å². The fraction of sp³-hybridized carbons (Fsp3) is 0.462. The summed E-state index contributed by atoms with van der Waals surface area (Å²) >= 11 is 5.62. The molecule has 1 aromatic rings. The number of phenols is 1. The van der Waals surface area contributed by atoms with Crippen LogP contribution in [0, 0.1) is 0 Å². The highest BCUT2D eigenvalue weighted by atomic mass is 35.5. The quantitative estimate of drug-likeness (QED) is 0.776. The first-order chi connectivity index (χ1) is 8.14. The van der Waals surface area contributed by atoms with Crippen molar-refractivity contribution < 1.29 is 9.90 Å². The molecular weight excluding hydrogens is 238 g/mol. The summed E-state index contributed by atoms with van der Waals surface area (Å²) in [7, 11) is 0. The lowest BCUT2D eigenvalue weighted by Gasteiger charge is -2.34. The Morgan fingerprint density at radius 3 is 2.88 bits per heavy atom. The Morgan fingerprint density at radius 1 is 1.47 bits per heavy atom. The van der Waals surface area contributed by atoms with Crippen LogP contribution in [0.15, 0.2) is 18.2 Å². The SMILES string of the molecule is O=C(CCl)N1Cc2ccc(O)cc2C2(CC2)C1. The molecule has 0 bridgehead atoms. The lowest BCUT2D eigenvalue weighted by Crippen LogP contribution is -2.42. The van der Waals surface area contributed by atoms with E-state index in [9.17, 15) is 9.90 Å². The maximum atomic E-state index is 11.7. The molecule has 0 radical (unpaired) electrons. The number of fused-ring (bicyclic) bond motifs is 2. The first-order valence-corrected chi connectivity index (χ1v) is 6.34. The fourth-order valence-electron chi connectivity index (χ4n) is 2.75. The zero-order chi connectivity index (χ0) is 12.0. The third-order valence-corrected chi connectivity index (χ3v) is 4.07. The van der Waals surface area contributed by atoms with Crippen LogP contribution in [-0.4, -0.2) is 28.3 Å². The van der Waals surface area contributed by atoms with Crippen molar-refractivity contribution in [3.8, 4) is 5.75 Å². The maximum absolute atomic E-state index is 11.7. The first kappa shape index (κ1) is 10.9. The zero-order valence-corrected chi connectivity index (χ0v) is 10.2. The summed E-state index contributed by atoms with van der Waals surface area (Å²) in [5, 5.41) is 9.57. The van der Waals surface area contributed by atoms with Crippen LogP contribution in [0.1, 0.15) is 24.0 Å². The number of hydrogen-bond donors (Lipinski definition) is 1. The van der Waals surface area contributed by atoms with E-state index < -0.39 is 0 Å². The molecule has 90 valence electrons. The van der Waals surface area contributed by atoms with Crippen molar-refractivity contribution in [2.75, 3.05) is 12.4 Å². The van der Waals surface area contributed by atoms with Crippen molar-refractivity contribution in [2.24, 2.45) is 0 Å². The van der Waals surface area contributed by atoms with Gasteiger partial charge in [-0.1, -0.05) is 6.07 Å². The fourth-order valence-corrected chi connectivity index (χ4v) is 2.92. The molecule has 4 heteroatoms. The Kier molecular flexibility index (Phi) is 2.33. The van der Waals surface area contributed by atoms with Crippen LogP contribution in [0.4, 0.5) is 0 Å². The molecule has 1 heterocycles. The van der Waals surface area contributed by atoms with Gasteiger partial charge in [0, 0.05) is 18.5 Å². The molecule has 1 N–H and O–H groups in total. The van der Waals surface area contributed by atoms with Crippen LogP contribution in [0.5, 0.6) is 5.75 Å². The Labute approximate surface area is 105 Å². The second-order valence-electron chi connectivity index (χ2n) is 5.01. The van der Waals surface area contributed by atoms with E-state index in [2.05, 4.69) is 0 Å². The summed E-state index contributed by atoms with van der Waals surface area (Å²) in [6.45, 7) is 1.36. The van der Waals surface area contributed by atoms with E-state index in [1.165, 1.54) is 5.56 Å². The normalized spacial score (nSPS) is 20.2. The molecule has 1 aromatic carbocycles. The number of carbonyl (C=O) groups excluding carboxylic acids is 1. The second kappa shape index (κ2) is 3.64. The van der Waals surface area contributed by atoms with E-state index >= 15 is 0 Å². The summed E-state index contributed by atoms with van der Waals surface area (Å²) in [4.78, 5) is 13.5. The highest BCUT2D eigenvalue weighted by Gasteiger charge is 2.49. The number of rotatable bonds is 1. The lowest BCUT2D eigenvalue weighted by molar-refractivity contribution is -0.129. The van der Waals surface area contributed by atoms with Gasteiger partial charge in [-0.05, 0) is 36.1 Å². The summed E-state index contributed by atoms with van der Waals surface area (Å²) in [5.74, 6) is 0.354. The average Bonchev–Trinajstić information content (AvgIpc) is 3.09. The van der Waals surface area contributed by atoms with Crippen LogP contribution in [0.3, 0.4) is 0 Å². The van der Waals surface area contributed by atoms with Gasteiger partial charge in [-0.25, -0.2) is 0 Å². The maximum Gasteiger partial charge on any atom is 0.237 e. The number of alkyl halides is 1. The van der Waals surface area contributed by atoms with Crippen molar-refractivity contribution >= 4 is 17.5 Å². The van der Waals surface area contributed by atoms with E-state index in [0.717, 1.165) is 24.9 Å². The van der Waals surface area contributed by atoms with Crippen molar-refractivity contribution in [2.45, 2.75) is 24.8 Å². The minimum Gasteiger partial charge on any atom is -0.508 e. The molecule has 2 aliphatic rings. The molecule has 0 atom stereocenters. The molecule has 17 heavy (non-hydrogen) atoms. The Hall–Kier alpha value is -1.22. The number of phenolic OH excluding ortho intramolecular Hbond substituents is 1. The molecule has 1 spiro atoms. The van der Waals surface area contributed by atoms with Gasteiger partial charge >= 0.3 is 0 Å². The van der Waals surface area contributed by atoms with Gasteiger partial charge in [-0.15, -0.1) is 11.6 Å². The molecule has 1 amide bonds. The molecule has 1 fully saturated rings. The van der Waals surface area contributed by atoms with Gasteiger partial charge in [0.2, 0.25) is 5.91 Å². The monoisotopic (exact) mass is 251 g/mol. The third kappa shape index (κ3) is 1.69. The minimum absolute atomic E-state index is 0.00309. The molecule has 0 saturated heterocycles. The van der Waals surface area contributed by atoms with Crippen LogP contribution in [-0.2, 0) is 16.8 Å². The smallest absolute Gasteiger partial charge is 0.237 e. The molecular formula is C13H14ClNO2. The second-order valence-corrected chi connectivity index (χ2v) is 5.27. The Balaban J connectivity index is 2.00. The van der Waals surface area contributed by atoms with Gasteiger partial charge in [0.05, 0.1) is 0 Å². The molecule has 1 aliphatic carbocycles. The average molecular weight is 252 g/mol. The van der Waals surface area contributed by atoms with E-state index in [1.54, 1.807) is 6.07 Å². The summed E-state index contributed by atoms with van der Waals surface area (Å²) < 4.78 is 0. The summed E-state index contributed by atoms with van der Waals surface area (Å²) in [5.41, 5.74) is 2.45. The number of hydrogen-bond acceptors (Lipinski definition) is 2. The lowest BCUT2D eigenvalue weighted by atomic mass is 9.87. The molecule has 0 unspecified atom stereocenters. The highest BCUT2D eigenvalue weighted by molar-refractivity contribution is 6.27. The number of nitrogens with zero attached hydrogens (tertiary/aromatic N) is 1. The number of carbonyl (C=O) groups is 1. The summed E-state index contributed by atoms with van der Waals surface area (Å²) in [6.07, 6.45) is 2.19. The van der Waals surface area contributed by atoms with Gasteiger partial charge in [0.15, 0.2) is 0 Å². The van der Waals surface area contributed by atoms with Crippen LogP contribution < -0.4 is 0 Å². The van der Waals surface area contributed by atoms with Crippen LogP contribution in [0.25, 0.3) is 0 Å². The number of halogens is 1. The number of benzene rings is 1. The molecule has 3 nitrogen and oxygen atoms in total. The molecule has 0 aromatic heterocycles. The van der Waals surface area contributed by atoms with Crippen LogP contribution in [0.2, 0.25) is 0 Å². The van der Waals surface area contributed by atoms with E-state index in [1.807, 2.05) is 17.0 Å². The Bertz CT molecular complexity index is 482. The largest absolute Gasteiger partial charge is 0.508 e. The van der Waals surface area contributed by atoms with Gasteiger partial charge in [-0.3, -0.25) is 4.79 Å². The van der Waals surface area contributed by atoms with E-state index in [0.29, 0.717) is 12.3 Å². The number of amides is 1. The highest BCUT2D eigenvalue weighted by Crippen LogP contribution is 2.52.